The van der Waals surface area contributed by atoms with E-state index in [4.69, 9.17) is 4.74 Å². The lowest BCUT2D eigenvalue weighted by Crippen LogP contribution is -2.37. The maximum Gasteiger partial charge on any atom is 0.256 e. The average molecular weight is 280 g/mol. The maximum atomic E-state index is 13.9. The molecule has 0 spiro atoms. The summed E-state index contributed by atoms with van der Waals surface area (Å²) in [4.78, 5) is 13.9. The normalized spacial score (nSPS) is 15.9. The van der Waals surface area contributed by atoms with Gasteiger partial charge in [-0.1, -0.05) is 0 Å². The average Bonchev–Trinajstić information content (AvgIpc) is 2.47. The second-order valence-corrected chi connectivity index (χ2v) is 5.22. The Labute approximate surface area is 118 Å². The van der Waals surface area contributed by atoms with Crippen molar-refractivity contribution in [1.82, 2.24) is 10.2 Å². The number of carbonyl (C=O) groups excluding carboxylic acids is 1. The lowest BCUT2D eigenvalue weighted by Gasteiger charge is -2.27. The molecule has 0 saturated carbocycles. The molecule has 2 rings (SSSR count). The number of halogens is 1. The second-order valence-electron chi connectivity index (χ2n) is 5.22. The topological polar surface area (TPSA) is 41.6 Å². The number of nitrogens with zero attached hydrogens (tertiary/aromatic N) is 1. The summed E-state index contributed by atoms with van der Waals surface area (Å²) in [5.41, 5.74) is 0.0993. The van der Waals surface area contributed by atoms with Gasteiger partial charge in [0.1, 0.15) is 11.6 Å². The molecule has 1 fully saturated rings. The third kappa shape index (κ3) is 3.48. The second kappa shape index (κ2) is 6.70. The lowest BCUT2D eigenvalue weighted by molar-refractivity contribution is 0.0758. The molecule has 0 aliphatic carbocycles. The van der Waals surface area contributed by atoms with Crippen LogP contribution in [0, 0.1) is 11.7 Å². The van der Waals surface area contributed by atoms with Gasteiger partial charge in [-0.15, -0.1) is 0 Å². The molecule has 0 bridgehead atoms. The molecule has 1 aromatic carbocycles. The summed E-state index contributed by atoms with van der Waals surface area (Å²) in [5, 5.41) is 3.29. The molecule has 1 aliphatic heterocycles. The van der Waals surface area contributed by atoms with Crippen LogP contribution in [0.25, 0.3) is 0 Å². The number of amides is 1. The number of hydrogen-bond acceptors (Lipinski definition) is 3. The number of hydrogen-bond donors (Lipinski definition) is 1. The summed E-state index contributed by atoms with van der Waals surface area (Å²) in [6.07, 6.45) is 2.12. The maximum absolute atomic E-state index is 13.9. The molecule has 4 nitrogen and oxygen atoms in total. The summed E-state index contributed by atoms with van der Waals surface area (Å²) in [6.45, 7) is 2.65. The number of benzene rings is 1. The van der Waals surface area contributed by atoms with Crippen LogP contribution in [-0.4, -0.2) is 44.6 Å². The fourth-order valence-electron chi connectivity index (χ4n) is 2.54. The smallest absolute Gasteiger partial charge is 0.256 e. The van der Waals surface area contributed by atoms with E-state index in [0.29, 0.717) is 18.2 Å². The molecule has 1 saturated heterocycles. The van der Waals surface area contributed by atoms with Crippen LogP contribution in [0.15, 0.2) is 18.2 Å². The first-order valence-corrected chi connectivity index (χ1v) is 6.91. The molecule has 1 aromatic rings. The first-order chi connectivity index (χ1) is 9.61. The fraction of sp³-hybridized carbons (Fsp3) is 0.533. The van der Waals surface area contributed by atoms with Crippen LogP contribution < -0.4 is 10.1 Å². The van der Waals surface area contributed by atoms with Crippen molar-refractivity contribution in [2.24, 2.45) is 5.92 Å². The zero-order valence-electron chi connectivity index (χ0n) is 12.0. The van der Waals surface area contributed by atoms with E-state index in [-0.39, 0.29) is 11.5 Å². The molecular formula is C15H21FN2O2. The van der Waals surface area contributed by atoms with Gasteiger partial charge < -0.3 is 15.0 Å². The van der Waals surface area contributed by atoms with Crippen molar-refractivity contribution in [3.05, 3.63) is 29.6 Å². The quantitative estimate of drug-likeness (QED) is 0.916. The van der Waals surface area contributed by atoms with Gasteiger partial charge in [0.2, 0.25) is 0 Å². The minimum absolute atomic E-state index is 0.0993. The highest BCUT2D eigenvalue weighted by Gasteiger charge is 2.21. The first-order valence-electron chi connectivity index (χ1n) is 6.91. The monoisotopic (exact) mass is 280 g/mol. The van der Waals surface area contributed by atoms with Crippen molar-refractivity contribution in [1.29, 1.82) is 0 Å². The highest BCUT2D eigenvalue weighted by Crippen LogP contribution is 2.19. The van der Waals surface area contributed by atoms with Crippen molar-refractivity contribution in [3.63, 3.8) is 0 Å². The highest BCUT2D eigenvalue weighted by molar-refractivity contribution is 5.94. The van der Waals surface area contributed by atoms with E-state index in [1.165, 1.54) is 19.2 Å². The number of piperidine rings is 1. The van der Waals surface area contributed by atoms with E-state index in [1.54, 1.807) is 18.0 Å². The van der Waals surface area contributed by atoms with Crippen LogP contribution in [0.3, 0.4) is 0 Å². The van der Waals surface area contributed by atoms with Gasteiger partial charge >= 0.3 is 0 Å². The van der Waals surface area contributed by atoms with Crippen molar-refractivity contribution in [2.75, 3.05) is 33.8 Å². The van der Waals surface area contributed by atoms with Gasteiger partial charge in [0, 0.05) is 19.7 Å². The van der Waals surface area contributed by atoms with Gasteiger partial charge in [-0.2, -0.15) is 0 Å². The van der Waals surface area contributed by atoms with Gasteiger partial charge in [-0.05, 0) is 44.0 Å². The molecular weight excluding hydrogens is 259 g/mol. The largest absolute Gasteiger partial charge is 0.497 e. The summed E-state index contributed by atoms with van der Waals surface area (Å²) in [6, 6.07) is 4.33. The zero-order chi connectivity index (χ0) is 14.5. The molecule has 110 valence electrons. The minimum atomic E-state index is -0.536. The standard InChI is InChI=1S/C15H21FN2O2/c1-18(10-11-5-7-17-8-6-11)15(19)13-4-3-12(20-2)9-14(13)16/h3-4,9,11,17H,5-8,10H2,1-2H3. The SMILES string of the molecule is COc1ccc(C(=O)N(C)CC2CCNCC2)c(F)c1. The molecule has 1 heterocycles. The predicted molar refractivity (Wildman–Crippen MR) is 75.5 cm³/mol. The summed E-state index contributed by atoms with van der Waals surface area (Å²) >= 11 is 0. The van der Waals surface area contributed by atoms with Crippen LogP contribution in [0.2, 0.25) is 0 Å². The van der Waals surface area contributed by atoms with Crippen molar-refractivity contribution < 1.29 is 13.9 Å². The Morgan fingerprint density at radius 3 is 2.75 bits per heavy atom. The summed E-state index contributed by atoms with van der Waals surface area (Å²) in [5.74, 6) is 0.0989. The zero-order valence-corrected chi connectivity index (χ0v) is 12.0. The van der Waals surface area contributed by atoms with E-state index in [0.717, 1.165) is 25.9 Å². The van der Waals surface area contributed by atoms with E-state index in [2.05, 4.69) is 5.32 Å². The highest BCUT2D eigenvalue weighted by atomic mass is 19.1. The number of ether oxygens (including phenoxy) is 1. The van der Waals surface area contributed by atoms with E-state index < -0.39 is 5.82 Å². The van der Waals surface area contributed by atoms with Gasteiger partial charge in [0.05, 0.1) is 12.7 Å². The fourth-order valence-corrected chi connectivity index (χ4v) is 2.54. The lowest BCUT2D eigenvalue weighted by atomic mass is 9.97. The number of nitrogens with one attached hydrogen (secondary N) is 1. The van der Waals surface area contributed by atoms with Gasteiger partial charge in [-0.25, -0.2) is 4.39 Å². The molecule has 1 aliphatic rings. The Kier molecular flexibility index (Phi) is 4.95. The number of methoxy groups -OCH3 is 1. The first kappa shape index (κ1) is 14.8. The van der Waals surface area contributed by atoms with E-state index in [1.807, 2.05) is 0 Å². The predicted octanol–water partition coefficient (Wildman–Crippen LogP) is 1.91. The molecule has 0 atom stereocenters. The molecule has 20 heavy (non-hydrogen) atoms. The molecule has 1 amide bonds. The van der Waals surface area contributed by atoms with Crippen molar-refractivity contribution in [3.8, 4) is 5.75 Å². The van der Waals surface area contributed by atoms with Gasteiger partial charge in [0.15, 0.2) is 0 Å². The van der Waals surface area contributed by atoms with Crippen LogP contribution in [0.5, 0.6) is 5.75 Å². The Hall–Kier alpha value is -1.62. The van der Waals surface area contributed by atoms with Crippen LogP contribution in [-0.2, 0) is 0 Å². The Bertz CT molecular complexity index is 473. The van der Waals surface area contributed by atoms with Crippen molar-refractivity contribution >= 4 is 5.91 Å². The Morgan fingerprint density at radius 1 is 1.45 bits per heavy atom. The Balaban J connectivity index is 2.02. The molecule has 0 aromatic heterocycles. The third-order valence-corrected chi connectivity index (χ3v) is 3.74. The summed E-state index contributed by atoms with van der Waals surface area (Å²) < 4.78 is 18.8. The molecule has 0 radical (unpaired) electrons. The van der Waals surface area contributed by atoms with Crippen molar-refractivity contribution in [2.45, 2.75) is 12.8 Å². The third-order valence-electron chi connectivity index (χ3n) is 3.74. The number of carbonyl (C=O) groups is 1. The van der Waals surface area contributed by atoms with E-state index >= 15 is 0 Å². The van der Waals surface area contributed by atoms with Gasteiger partial charge in [-0.3, -0.25) is 4.79 Å². The number of rotatable bonds is 4. The van der Waals surface area contributed by atoms with Crippen LogP contribution >= 0.6 is 0 Å². The van der Waals surface area contributed by atoms with Crippen LogP contribution in [0.4, 0.5) is 4.39 Å². The molecule has 1 N–H and O–H groups in total. The Morgan fingerprint density at radius 2 is 2.15 bits per heavy atom. The van der Waals surface area contributed by atoms with Crippen LogP contribution in [0.1, 0.15) is 23.2 Å². The minimum Gasteiger partial charge on any atom is -0.497 e. The molecule has 0 unspecified atom stereocenters. The molecule has 5 heteroatoms. The van der Waals surface area contributed by atoms with E-state index in [9.17, 15) is 9.18 Å². The summed E-state index contributed by atoms with van der Waals surface area (Å²) in [7, 11) is 3.20. The van der Waals surface area contributed by atoms with Gasteiger partial charge in [0.25, 0.3) is 5.91 Å².